The average Bonchev–Trinajstić information content (AvgIpc) is 2.08. The van der Waals surface area contributed by atoms with Gasteiger partial charge in [0.15, 0.2) is 5.21 Å². The molecule has 0 aromatic carbocycles. The fraction of sp³-hybridized carbons (Fsp3) is 0. The molecular weight excluding hydrogens is 146 g/mol. The molecule has 1 rings (SSSR count). The summed E-state index contributed by atoms with van der Waals surface area (Å²) in [5.74, 6) is 0. The molecule has 7 nitrogen and oxygen atoms in total. The molecule has 0 fully saturated rings. The highest BCUT2D eigenvalue weighted by molar-refractivity contribution is 7.82. The number of hydrogen-bond acceptors (Lipinski definition) is 4. The SMILES string of the molecule is NS(=O)(=O)[n+]1nnc[nH]1. The summed E-state index contributed by atoms with van der Waals surface area (Å²) in [6, 6.07) is 0. The van der Waals surface area contributed by atoms with Gasteiger partial charge in [0.2, 0.25) is 0 Å². The van der Waals surface area contributed by atoms with Gasteiger partial charge in [0, 0.05) is 0 Å². The third kappa shape index (κ3) is 1.21. The van der Waals surface area contributed by atoms with Crippen LogP contribution in [0.1, 0.15) is 0 Å². The maximum atomic E-state index is 10.3. The molecule has 0 spiro atoms. The highest BCUT2D eigenvalue weighted by Crippen LogP contribution is 1.59. The zero-order chi connectivity index (χ0) is 6.91. The largest absolute Gasteiger partial charge is 0.412 e. The van der Waals surface area contributed by atoms with E-state index >= 15 is 0 Å². The number of rotatable bonds is 1. The molecule has 0 saturated carbocycles. The lowest BCUT2D eigenvalue weighted by Gasteiger charge is -1.80. The zero-order valence-electron chi connectivity index (χ0n) is 4.22. The van der Waals surface area contributed by atoms with Crippen molar-refractivity contribution < 1.29 is 12.6 Å². The third-order valence-corrected chi connectivity index (χ3v) is 1.26. The molecule has 9 heavy (non-hydrogen) atoms. The van der Waals surface area contributed by atoms with Gasteiger partial charge in [-0.1, -0.05) is 0 Å². The third-order valence-electron chi connectivity index (χ3n) is 0.600. The number of hydrogen-bond donors (Lipinski definition) is 2. The highest BCUT2D eigenvalue weighted by atomic mass is 32.2. The molecular formula is CH4N5O2S+. The van der Waals surface area contributed by atoms with Crippen LogP contribution >= 0.6 is 0 Å². The number of nitrogens with two attached hydrogens (primary N) is 1. The molecule has 0 bridgehead atoms. The van der Waals surface area contributed by atoms with Gasteiger partial charge in [-0.3, -0.25) is 0 Å². The van der Waals surface area contributed by atoms with Crippen molar-refractivity contribution >= 4 is 10.2 Å². The minimum atomic E-state index is -3.77. The first-order valence-corrected chi connectivity index (χ1v) is 3.43. The standard InChI is InChI=1S/CH3N5O2S/c2-9(7,8)6-4-1-3-5-6/h1H,(H2,2,7,8)/p+1. The van der Waals surface area contributed by atoms with Crippen LogP contribution in [-0.4, -0.2) is 23.8 Å². The second-order valence-corrected chi connectivity index (χ2v) is 2.63. The number of aromatic nitrogens is 4. The van der Waals surface area contributed by atoms with Gasteiger partial charge < -0.3 is 0 Å². The average molecular weight is 150 g/mol. The van der Waals surface area contributed by atoms with E-state index in [9.17, 15) is 8.42 Å². The molecule has 0 amide bonds. The van der Waals surface area contributed by atoms with Crippen molar-refractivity contribution in [3.8, 4) is 0 Å². The first-order valence-electron chi connectivity index (χ1n) is 1.92. The maximum Gasteiger partial charge on any atom is 0.412 e. The summed E-state index contributed by atoms with van der Waals surface area (Å²) in [6.07, 6.45) is 1.10. The number of nitrogens with zero attached hydrogens (tertiary/aromatic N) is 3. The second-order valence-electron chi connectivity index (χ2n) is 1.25. The molecule has 1 aromatic rings. The van der Waals surface area contributed by atoms with Crippen molar-refractivity contribution in [3.05, 3.63) is 6.33 Å². The predicted molar refractivity (Wildman–Crippen MR) is 25.1 cm³/mol. The topological polar surface area (TPSA) is 106 Å². The summed E-state index contributed by atoms with van der Waals surface area (Å²) in [4.78, 5) is 0. The molecule has 0 radical (unpaired) electrons. The Morgan fingerprint density at radius 2 is 2.33 bits per heavy atom. The molecule has 0 saturated heterocycles. The van der Waals surface area contributed by atoms with E-state index in [1.807, 2.05) is 0 Å². The first kappa shape index (κ1) is 6.11. The fourth-order valence-corrected chi connectivity index (χ4v) is 0.636. The van der Waals surface area contributed by atoms with Gasteiger partial charge in [0.1, 0.15) is 0 Å². The Hall–Kier alpha value is -1.02. The Morgan fingerprint density at radius 1 is 1.67 bits per heavy atom. The van der Waals surface area contributed by atoms with Crippen LogP contribution in [0.3, 0.4) is 0 Å². The molecule has 8 heteroatoms. The number of aromatic amines is 1. The molecule has 1 heterocycles. The van der Waals surface area contributed by atoms with E-state index in [2.05, 4.69) is 20.5 Å². The summed E-state index contributed by atoms with van der Waals surface area (Å²) in [7, 11) is -3.77. The van der Waals surface area contributed by atoms with Crippen molar-refractivity contribution in [1.82, 2.24) is 15.4 Å². The predicted octanol–water partition coefficient (Wildman–Crippen LogP) is -2.86. The van der Waals surface area contributed by atoms with Crippen molar-refractivity contribution in [2.24, 2.45) is 5.14 Å². The normalized spacial score (nSPS) is 11.7. The molecule has 0 atom stereocenters. The van der Waals surface area contributed by atoms with Gasteiger partial charge in [0.05, 0.1) is 9.30 Å². The van der Waals surface area contributed by atoms with E-state index in [-0.39, 0.29) is 0 Å². The van der Waals surface area contributed by atoms with E-state index in [4.69, 9.17) is 0 Å². The van der Waals surface area contributed by atoms with Crippen molar-refractivity contribution in [3.63, 3.8) is 0 Å². The molecule has 1 aromatic heterocycles. The zero-order valence-corrected chi connectivity index (χ0v) is 5.04. The number of H-pyrrole nitrogens is 1. The summed E-state index contributed by atoms with van der Waals surface area (Å²) in [5, 5.41) is 13.0. The van der Waals surface area contributed by atoms with Gasteiger partial charge in [-0.2, -0.15) is 18.7 Å². The van der Waals surface area contributed by atoms with Crippen molar-refractivity contribution in [2.45, 2.75) is 0 Å². The Labute approximate surface area is 50.7 Å². The second kappa shape index (κ2) is 1.74. The smallest absolute Gasteiger partial charge is 0.189 e. The van der Waals surface area contributed by atoms with Gasteiger partial charge in [0.25, 0.3) is 6.33 Å². The van der Waals surface area contributed by atoms with E-state index in [0.29, 0.717) is 4.20 Å². The molecule has 50 valence electrons. The summed E-state index contributed by atoms with van der Waals surface area (Å²) >= 11 is 0. The van der Waals surface area contributed by atoms with Gasteiger partial charge in [-0.15, -0.1) is 0 Å². The Bertz CT molecular complexity index is 272. The number of nitrogens with one attached hydrogen (secondary N) is 1. The van der Waals surface area contributed by atoms with E-state index in [1.165, 1.54) is 0 Å². The van der Waals surface area contributed by atoms with E-state index < -0.39 is 10.2 Å². The lowest BCUT2D eigenvalue weighted by Crippen LogP contribution is -2.51. The van der Waals surface area contributed by atoms with Gasteiger partial charge in [-0.05, 0) is 0 Å². The maximum absolute atomic E-state index is 10.3. The minimum absolute atomic E-state index is 0.451. The van der Waals surface area contributed by atoms with Crippen LogP contribution in [0.25, 0.3) is 0 Å². The fourth-order valence-electron chi connectivity index (χ4n) is 0.298. The minimum Gasteiger partial charge on any atom is -0.189 e. The quantitative estimate of drug-likeness (QED) is 0.420. The monoisotopic (exact) mass is 150 g/mol. The summed E-state index contributed by atoms with van der Waals surface area (Å²) < 4.78 is 21.1. The molecule has 3 N–H and O–H groups in total. The van der Waals surface area contributed by atoms with Crippen LogP contribution in [0.4, 0.5) is 0 Å². The summed E-state index contributed by atoms with van der Waals surface area (Å²) in [5.41, 5.74) is 0. The molecule has 0 aliphatic heterocycles. The van der Waals surface area contributed by atoms with Crippen LogP contribution in [-0.2, 0) is 10.2 Å². The van der Waals surface area contributed by atoms with Crippen LogP contribution in [0.5, 0.6) is 0 Å². The van der Waals surface area contributed by atoms with Crippen LogP contribution in [0, 0.1) is 0 Å². The Morgan fingerprint density at radius 3 is 2.56 bits per heavy atom. The van der Waals surface area contributed by atoms with Gasteiger partial charge >= 0.3 is 10.2 Å². The van der Waals surface area contributed by atoms with Crippen LogP contribution in [0.2, 0.25) is 0 Å². The number of tetrazole rings is 1. The Balaban J connectivity index is 3.20. The van der Waals surface area contributed by atoms with Crippen molar-refractivity contribution in [2.75, 3.05) is 0 Å². The summed E-state index contributed by atoms with van der Waals surface area (Å²) in [6.45, 7) is 0. The highest BCUT2D eigenvalue weighted by Gasteiger charge is 2.13. The molecule has 0 aliphatic carbocycles. The first-order chi connectivity index (χ1) is 4.11. The molecule has 0 unspecified atom stereocenters. The van der Waals surface area contributed by atoms with Crippen molar-refractivity contribution in [1.29, 1.82) is 0 Å². The molecule has 0 aliphatic rings. The lowest BCUT2D eigenvalue weighted by atomic mass is 11.4. The van der Waals surface area contributed by atoms with Gasteiger partial charge in [-0.25, -0.2) is 0 Å². The van der Waals surface area contributed by atoms with Crippen LogP contribution in [0.15, 0.2) is 6.33 Å². The Kier molecular flexibility index (Phi) is 1.18. The lowest BCUT2D eigenvalue weighted by molar-refractivity contribution is -0.641. The van der Waals surface area contributed by atoms with E-state index in [0.717, 1.165) is 6.33 Å². The van der Waals surface area contributed by atoms with Crippen LogP contribution < -0.4 is 9.34 Å². The van der Waals surface area contributed by atoms with E-state index in [1.54, 1.807) is 0 Å².